The minimum absolute atomic E-state index is 0. The van der Waals surface area contributed by atoms with Gasteiger partial charge in [0.1, 0.15) is 6.54 Å². The topological polar surface area (TPSA) is 52.7 Å². The van der Waals surface area contributed by atoms with Gasteiger partial charge in [0.05, 0.1) is 11.1 Å². The number of rotatable bonds is 5. The number of halogens is 1. The molecule has 0 fully saturated rings. The van der Waals surface area contributed by atoms with E-state index in [9.17, 15) is 4.79 Å². The van der Waals surface area contributed by atoms with Crippen LogP contribution in [0.3, 0.4) is 0 Å². The Hall–Kier alpha value is -3.31. The van der Waals surface area contributed by atoms with E-state index in [0.29, 0.717) is 0 Å². The van der Waals surface area contributed by atoms with Gasteiger partial charge in [0.25, 0.3) is 0 Å². The monoisotopic (exact) mass is 598 g/mol. The lowest BCUT2D eigenvalue weighted by molar-refractivity contribution is -0.439. The first kappa shape index (κ1) is 29.7. The van der Waals surface area contributed by atoms with Crippen molar-refractivity contribution in [2.75, 3.05) is 6.54 Å². The maximum absolute atomic E-state index is 10.7. The van der Waals surface area contributed by atoms with Crippen LogP contribution in [0, 0.1) is 0 Å². The predicted molar refractivity (Wildman–Crippen MR) is 164 cm³/mol. The average Bonchev–Trinajstić information content (AvgIpc) is 3.27. The highest BCUT2D eigenvalue weighted by atomic mass is 79.9. The summed E-state index contributed by atoms with van der Waals surface area (Å²) in [4.78, 5) is 15.4. The molecule has 4 aromatic rings. The molecule has 0 aliphatic carbocycles. The van der Waals surface area contributed by atoms with E-state index in [1.807, 2.05) is 0 Å². The lowest BCUT2D eigenvalue weighted by Crippen LogP contribution is -3.00. The highest BCUT2D eigenvalue weighted by Crippen LogP contribution is 2.45. The van der Waals surface area contributed by atoms with Crippen LogP contribution in [0.25, 0.3) is 21.5 Å². The van der Waals surface area contributed by atoms with Crippen molar-refractivity contribution in [2.24, 2.45) is 4.99 Å². The summed E-state index contributed by atoms with van der Waals surface area (Å²) in [6.07, 6.45) is 1.87. The highest BCUT2D eigenvalue weighted by molar-refractivity contribution is 6.06. The van der Waals surface area contributed by atoms with Gasteiger partial charge in [-0.1, -0.05) is 68.4 Å². The molecule has 2 aliphatic rings. The summed E-state index contributed by atoms with van der Waals surface area (Å²) in [6.45, 7) is 14.3. The quantitative estimate of drug-likeness (QED) is 0.236. The van der Waals surface area contributed by atoms with Crippen LogP contribution in [0.15, 0.2) is 77.8 Å². The normalized spacial score (nSPS) is 16.1. The Morgan fingerprint density at radius 3 is 1.98 bits per heavy atom. The average molecular weight is 600 g/mol. The molecule has 0 saturated carbocycles. The van der Waals surface area contributed by atoms with Crippen molar-refractivity contribution in [3.05, 3.63) is 83.9 Å². The van der Waals surface area contributed by atoms with Gasteiger partial charge < -0.3 is 22.1 Å². The summed E-state index contributed by atoms with van der Waals surface area (Å²) in [5.74, 6) is -0.709. The van der Waals surface area contributed by atoms with Gasteiger partial charge in [0.2, 0.25) is 5.69 Å². The van der Waals surface area contributed by atoms with Gasteiger partial charge >= 0.3 is 5.97 Å². The molecule has 2 aliphatic heterocycles. The van der Waals surface area contributed by atoms with E-state index >= 15 is 0 Å². The number of hydrogen-bond acceptors (Lipinski definition) is 2. The Kier molecular flexibility index (Phi) is 8.37. The number of aliphatic carboxylic acids is 1. The molecule has 208 valence electrons. The van der Waals surface area contributed by atoms with Crippen LogP contribution in [-0.4, -0.2) is 33.6 Å². The Morgan fingerprint density at radius 1 is 0.775 bits per heavy atom. The third-order valence-electron chi connectivity index (χ3n) is 8.88. The van der Waals surface area contributed by atoms with Gasteiger partial charge in [-0.2, -0.15) is 4.58 Å². The molecule has 0 spiro atoms. The molecule has 5 heteroatoms. The molecular weight excluding hydrogens is 560 g/mol. The zero-order chi connectivity index (χ0) is 27.9. The second kappa shape index (κ2) is 11.3. The molecule has 40 heavy (non-hydrogen) atoms. The molecule has 0 atom stereocenters. The Balaban J connectivity index is 0.000000191. The zero-order valence-corrected chi connectivity index (χ0v) is 26.0. The largest absolute Gasteiger partial charge is 1.00 e. The molecule has 0 aromatic heterocycles. The summed E-state index contributed by atoms with van der Waals surface area (Å²) in [5, 5.41) is 14.0. The number of carbonyl (C=O) groups is 1. The number of carboxylic acid groups (broad SMARTS) is 1. The first-order valence-corrected chi connectivity index (χ1v) is 14.0. The fraction of sp³-hybridized carbons (Fsp3) is 0.343. The summed E-state index contributed by atoms with van der Waals surface area (Å²) in [6, 6.07) is 25.8. The number of hydrogen-bond donors (Lipinski definition) is 1. The van der Waals surface area contributed by atoms with Crippen molar-refractivity contribution < 1.29 is 31.5 Å². The van der Waals surface area contributed by atoms with E-state index in [2.05, 4.69) is 124 Å². The number of carboxylic acids is 1. The van der Waals surface area contributed by atoms with Crippen molar-refractivity contribution >= 4 is 50.3 Å². The zero-order valence-electron chi connectivity index (χ0n) is 24.4. The Morgan fingerprint density at radius 2 is 1.35 bits per heavy atom. The van der Waals surface area contributed by atoms with Gasteiger partial charge in [-0.15, -0.1) is 0 Å². The summed E-state index contributed by atoms with van der Waals surface area (Å²) in [5.41, 5.74) is 7.81. The molecule has 4 nitrogen and oxygen atoms in total. The Bertz CT molecular complexity index is 1660. The molecule has 4 aromatic carbocycles. The summed E-state index contributed by atoms with van der Waals surface area (Å²) < 4.78 is 2.38. The van der Waals surface area contributed by atoms with Gasteiger partial charge in [-0.25, -0.2) is 0 Å². The number of fused-ring (bicyclic) bond motifs is 6. The number of unbranched alkanes of at least 4 members (excludes halogenated alkanes) is 1. The predicted octanol–water partition coefficient (Wildman–Crippen LogP) is 5.72. The molecule has 0 radical (unpaired) electrons. The van der Waals surface area contributed by atoms with Gasteiger partial charge in [0, 0.05) is 42.5 Å². The maximum Gasteiger partial charge on any atom is 0.303 e. The molecule has 6 rings (SSSR count). The van der Waals surface area contributed by atoms with Crippen LogP contribution in [0.1, 0.15) is 71.9 Å². The molecule has 1 N–H and O–H groups in total. The molecule has 0 saturated heterocycles. The number of aliphatic imine (C=N–C) groups is 1. The van der Waals surface area contributed by atoms with Gasteiger partial charge in [-0.3, -0.25) is 9.79 Å². The Labute approximate surface area is 248 Å². The van der Waals surface area contributed by atoms with E-state index in [0.717, 1.165) is 25.1 Å². The van der Waals surface area contributed by atoms with E-state index in [-0.39, 0.29) is 34.2 Å². The molecule has 0 bridgehead atoms. The smallest absolute Gasteiger partial charge is 0.303 e. The fourth-order valence-corrected chi connectivity index (χ4v) is 6.19. The first-order valence-electron chi connectivity index (χ1n) is 14.0. The molecular formula is C35H39BrN2O2. The van der Waals surface area contributed by atoms with Crippen LogP contribution in [0.5, 0.6) is 0 Å². The lowest BCUT2D eigenvalue weighted by atomic mass is 9.80. The third-order valence-corrected chi connectivity index (χ3v) is 8.88. The minimum Gasteiger partial charge on any atom is -1.00 e. The van der Waals surface area contributed by atoms with Crippen molar-refractivity contribution in [3.63, 3.8) is 0 Å². The van der Waals surface area contributed by atoms with Crippen LogP contribution in [0.4, 0.5) is 11.4 Å². The van der Waals surface area contributed by atoms with Crippen molar-refractivity contribution in [2.45, 2.75) is 71.6 Å². The molecule has 0 amide bonds. The number of benzene rings is 4. The lowest BCUT2D eigenvalue weighted by Gasteiger charge is -2.21. The number of nitrogens with zero attached hydrogens (tertiary/aromatic N) is 2. The van der Waals surface area contributed by atoms with Crippen molar-refractivity contribution in [1.82, 2.24) is 0 Å². The van der Waals surface area contributed by atoms with E-state index in [4.69, 9.17) is 5.11 Å². The SMILES string of the molecule is CC1=Nc2ccc3ccccc3c2C1(C)C.CC1=[N+](CCCCC(=O)O)c2ccc3ccccc3c2C1(C)C.[Br-]. The van der Waals surface area contributed by atoms with Crippen LogP contribution in [-0.2, 0) is 15.6 Å². The third kappa shape index (κ3) is 5.12. The molecule has 2 heterocycles. The minimum atomic E-state index is -0.709. The van der Waals surface area contributed by atoms with Crippen molar-refractivity contribution in [3.8, 4) is 0 Å². The standard InChI is InChI=1S/C20H23NO2.C15H15N.BrH/c1-14-20(2,3)19-16-9-5-4-8-15(16)11-12-17(19)21(14)13-7-6-10-18(22)23;1-10-15(2,3)14-12-7-5-4-6-11(12)8-9-13(14)16-10;/h4-5,8-9,11-12H,6-7,10,13H2,1-3H3;4-9H,1-3H3;1H. The highest BCUT2D eigenvalue weighted by Gasteiger charge is 2.43. The fourth-order valence-electron chi connectivity index (χ4n) is 6.19. The van der Waals surface area contributed by atoms with Crippen LogP contribution < -0.4 is 17.0 Å². The van der Waals surface area contributed by atoms with Gasteiger partial charge in [-0.05, 0) is 66.4 Å². The second-order valence-electron chi connectivity index (χ2n) is 11.9. The van der Waals surface area contributed by atoms with Crippen LogP contribution in [0.2, 0.25) is 0 Å². The van der Waals surface area contributed by atoms with Gasteiger partial charge in [0.15, 0.2) is 5.71 Å². The van der Waals surface area contributed by atoms with E-state index in [1.54, 1.807) is 0 Å². The van der Waals surface area contributed by atoms with Crippen LogP contribution >= 0.6 is 0 Å². The van der Waals surface area contributed by atoms with E-state index < -0.39 is 5.97 Å². The molecule has 0 unspecified atom stereocenters. The van der Waals surface area contributed by atoms with E-state index in [1.165, 1.54) is 49.8 Å². The summed E-state index contributed by atoms with van der Waals surface area (Å²) >= 11 is 0. The maximum atomic E-state index is 10.7. The second-order valence-corrected chi connectivity index (χ2v) is 11.9. The first-order chi connectivity index (χ1) is 18.5. The summed E-state index contributed by atoms with van der Waals surface area (Å²) in [7, 11) is 0. The van der Waals surface area contributed by atoms with Crippen molar-refractivity contribution in [1.29, 1.82) is 0 Å².